The molecule has 0 atom stereocenters. The maximum atomic E-state index is 11.8. The van der Waals surface area contributed by atoms with Crippen LogP contribution in [0.25, 0.3) is 0 Å². The van der Waals surface area contributed by atoms with Crippen molar-refractivity contribution in [3.05, 3.63) is 28.2 Å². The lowest BCUT2D eigenvalue weighted by molar-refractivity contribution is 0.0952. The van der Waals surface area contributed by atoms with Gasteiger partial charge in [-0.1, -0.05) is 0 Å². The first kappa shape index (κ1) is 14.5. The highest BCUT2D eigenvalue weighted by atomic mass is 79.9. The number of halogens is 1. The fraction of sp³-hybridized carbons (Fsp3) is 0.417. The third-order valence-corrected chi connectivity index (χ3v) is 3.28. The van der Waals surface area contributed by atoms with E-state index in [9.17, 15) is 4.79 Å². The van der Waals surface area contributed by atoms with Gasteiger partial charge in [0.1, 0.15) is 0 Å². The molecule has 0 aliphatic carbocycles. The Balaban J connectivity index is 2.44. The molecule has 1 amide bonds. The molecule has 0 spiro atoms. The van der Waals surface area contributed by atoms with E-state index < -0.39 is 0 Å². The molecule has 17 heavy (non-hydrogen) atoms. The maximum Gasteiger partial charge on any atom is 0.252 e. The van der Waals surface area contributed by atoms with Crippen molar-refractivity contribution in [2.75, 3.05) is 13.2 Å². The predicted molar refractivity (Wildman–Crippen MR) is 74.7 cm³/mol. The molecule has 94 valence electrons. The van der Waals surface area contributed by atoms with Crippen LogP contribution in [0.3, 0.4) is 0 Å². The van der Waals surface area contributed by atoms with Crippen LogP contribution in [0.2, 0.25) is 0 Å². The third kappa shape index (κ3) is 5.10. The Labute approximate surface area is 115 Å². The van der Waals surface area contributed by atoms with Crippen LogP contribution in [-0.4, -0.2) is 24.2 Å². The van der Waals surface area contributed by atoms with Crippen LogP contribution in [0.5, 0.6) is 0 Å². The van der Waals surface area contributed by atoms with Crippen molar-refractivity contribution < 1.29 is 9.90 Å². The number of rotatable bonds is 6. The Bertz CT molecular complexity index is 385. The van der Waals surface area contributed by atoms with Crippen LogP contribution in [0.4, 0.5) is 0 Å². The molecule has 1 aromatic carbocycles. The number of amides is 1. The Kier molecular flexibility index (Phi) is 6.62. The summed E-state index contributed by atoms with van der Waals surface area (Å²) in [7, 11) is 0. The number of hydrogen-bond donors (Lipinski definition) is 3. The first-order valence-corrected chi connectivity index (χ1v) is 6.76. The minimum absolute atomic E-state index is 0.100. The third-order valence-electron chi connectivity index (χ3n) is 2.32. The predicted octanol–water partition coefficient (Wildman–Crippen LogP) is 2.63. The Hall–Kier alpha value is -0.520. The van der Waals surface area contributed by atoms with Gasteiger partial charge in [0, 0.05) is 22.5 Å². The fourth-order valence-electron chi connectivity index (χ4n) is 1.40. The lowest BCUT2D eigenvalue weighted by atomic mass is 10.2. The number of aliphatic hydroxyl groups is 1. The molecule has 1 rings (SSSR count). The van der Waals surface area contributed by atoms with Crippen LogP contribution in [-0.2, 0) is 0 Å². The van der Waals surface area contributed by atoms with Crippen LogP contribution >= 0.6 is 28.6 Å². The first-order chi connectivity index (χ1) is 8.15. The largest absolute Gasteiger partial charge is 0.396 e. The van der Waals surface area contributed by atoms with Gasteiger partial charge in [-0.2, -0.15) is 0 Å². The normalized spacial score (nSPS) is 10.3. The van der Waals surface area contributed by atoms with Crippen molar-refractivity contribution in [1.29, 1.82) is 0 Å². The molecule has 0 bridgehead atoms. The van der Waals surface area contributed by atoms with Gasteiger partial charge >= 0.3 is 0 Å². The lowest BCUT2D eigenvalue weighted by Crippen LogP contribution is -2.24. The molecule has 2 N–H and O–H groups in total. The summed E-state index contributed by atoms with van der Waals surface area (Å²) < 4.78 is 0.767. The molecule has 0 unspecified atom stereocenters. The second-order valence-electron chi connectivity index (χ2n) is 3.70. The fourth-order valence-corrected chi connectivity index (χ4v) is 2.03. The monoisotopic (exact) mass is 317 g/mol. The Morgan fingerprint density at radius 2 is 2.12 bits per heavy atom. The van der Waals surface area contributed by atoms with Gasteiger partial charge in [0.15, 0.2) is 0 Å². The van der Waals surface area contributed by atoms with E-state index in [0.29, 0.717) is 12.1 Å². The summed E-state index contributed by atoms with van der Waals surface area (Å²) >= 11 is 7.54. The van der Waals surface area contributed by atoms with Gasteiger partial charge in [-0.25, -0.2) is 0 Å². The highest BCUT2D eigenvalue weighted by Gasteiger charge is 2.09. The lowest BCUT2D eigenvalue weighted by Gasteiger charge is -2.07. The van der Waals surface area contributed by atoms with E-state index in [-0.39, 0.29) is 12.5 Å². The molecule has 0 radical (unpaired) electrons. The molecule has 0 saturated heterocycles. The van der Waals surface area contributed by atoms with Gasteiger partial charge in [-0.3, -0.25) is 4.79 Å². The molecular weight excluding hydrogens is 302 g/mol. The number of hydrogen-bond acceptors (Lipinski definition) is 3. The van der Waals surface area contributed by atoms with E-state index in [4.69, 9.17) is 5.11 Å². The summed E-state index contributed by atoms with van der Waals surface area (Å²) in [6.07, 6.45) is 2.58. The topological polar surface area (TPSA) is 49.3 Å². The number of aliphatic hydroxyl groups excluding tert-OH is 1. The smallest absolute Gasteiger partial charge is 0.252 e. The second kappa shape index (κ2) is 7.74. The van der Waals surface area contributed by atoms with Gasteiger partial charge in [-0.05, 0) is 53.4 Å². The van der Waals surface area contributed by atoms with Crippen molar-refractivity contribution in [3.63, 3.8) is 0 Å². The van der Waals surface area contributed by atoms with E-state index in [1.807, 2.05) is 12.1 Å². The van der Waals surface area contributed by atoms with E-state index in [0.717, 1.165) is 28.6 Å². The van der Waals surface area contributed by atoms with Crippen LogP contribution in [0.15, 0.2) is 27.6 Å². The van der Waals surface area contributed by atoms with E-state index in [1.54, 1.807) is 6.07 Å². The number of nitrogens with one attached hydrogen (secondary N) is 1. The highest BCUT2D eigenvalue weighted by Crippen LogP contribution is 2.20. The Morgan fingerprint density at radius 3 is 2.82 bits per heavy atom. The zero-order chi connectivity index (χ0) is 12.7. The van der Waals surface area contributed by atoms with Crippen LogP contribution in [0, 0.1) is 0 Å². The first-order valence-electron chi connectivity index (χ1n) is 5.52. The zero-order valence-corrected chi connectivity index (χ0v) is 11.9. The molecule has 1 aromatic rings. The van der Waals surface area contributed by atoms with Gasteiger partial charge in [-0.15, -0.1) is 12.6 Å². The maximum absolute atomic E-state index is 11.8. The number of thiol groups is 1. The second-order valence-corrected chi connectivity index (χ2v) is 5.08. The van der Waals surface area contributed by atoms with Gasteiger partial charge in [0.25, 0.3) is 5.91 Å². The molecule has 0 fully saturated rings. The van der Waals surface area contributed by atoms with Crippen molar-refractivity contribution in [2.24, 2.45) is 0 Å². The summed E-state index contributed by atoms with van der Waals surface area (Å²) in [5, 5.41) is 11.5. The average molecular weight is 318 g/mol. The van der Waals surface area contributed by atoms with Crippen molar-refractivity contribution in [3.8, 4) is 0 Å². The minimum atomic E-state index is -0.100. The van der Waals surface area contributed by atoms with Gasteiger partial charge in [0.05, 0.1) is 5.56 Å². The summed E-state index contributed by atoms with van der Waals surface area (Å²) in [6.45, 7) is 0.837. The molecule has 0 saturated carbocycles. The van der Waals surface area contributed by atoms with Crippen molar-refractivity contribution in [1.82, 2.24) is 5.32 Å². The average Bonchev–Trinajstić information content (AvgIpc) is 2.32. The molecule has 3 nitrogen and oxygen atoms in total. The molecule has 0 heterocycles. The van der Waals surface area contributed by atoms with Gasteiger partial charge in [0.2, 0.25) is 0 Å². The molecule has 0 aliphatic heterocycles. The summed E-state index contributed by atoms with van der Waals surface area (Å²) in [6, 6.07) is 5.37. The van der Waals surface area contributed by atoms with Crippen molar-refractivity contribution >= 4 is 34.5 Å². The molecule has 5 heteroatoms. The number of carbonyl (C=O) groups is 1. The number of benzene rings is 1. The quantitative estimate of drug-likeness (QED) is 0.558. The van der Waals surface area contributed by atoms with Crippen LogP contribution in [0.1, 0.15) is 29.6 Å². The van der Waals surface area contributed by atoms with Gasteiger partial charge < -0.3 is 10.4 Å². The van der Waals surface area contributed by atoms with E-state index in [1.165, 1.54) is 0 Å². The number of carbonyl (C=O) groups excluding carboxylic acids is 1. The highest BCUT2D eigenvalue weighted by molar-refractivity contribution is 9.10. The van der Waals surface area contributed by atoms with Crippen molar-refractivity contribution in [2.45, 2.75) is 24.2 Å². The molecule has 0 aromatic heterocycles. The van der Waals surface area contributed by atoms with Crippen LogP contribution < -0.4 is 5.32 Å². The number of unbranched alkanes of at least 4 members (excludes halogenated alkanes) is 2. The van der Waals surface area contributed by atoms with E-state index >= 15 is 0 Å². The summed E-state index contributed by atoms with van der Waals surface area (Å²) in [4.78, 5) is 12.6. The summed E-state index contributed by atoms with van der Waals surface area (Å²) in [5.74, 6) is -0.100. The van der Waals surface area contributed by atoms with E-state index in [2.05, 4.69) is 33.9 Å². The molecule has 0 aliphatic rings. The summed E-state index contributed by atoms with van der Waals surface area (Å²) in [5.41, 5.74) is 0.597. The molecular formula is C12H16BrNO2S. The SMILES string of the molecule is O=C(NCCCCCO)c1cc(S)ccc1Br. The minimum Gasteiger partial charge on any atom is -0.396 e. The standard InChI is InChI=1S/C12H16BrNO2S/c13-11-5-4-9(17)8-10(11)12(16)14-6-2-1-3-7-15/h4-5,8,15,17H,1-3,6-7H2,(H,14,16). The Morgan fingerprint density at radius 1 is 1.35 bits per heavy atom. The zero-order valence-electron chi connectivity index (χ0n) is 9.45.